The van der Waals surface area contributed by atoms with Crippen molar-refractivity contribution in [1.82, 2.24) is 14.6 Å². The van der Waals surface area contributed by atoms with E-state index < -0.39 is 10.0 Å². The highest BCUT2D eigenvalue weighted by Crippen LogP contribution is 2.19. The third-order valence-corrected chi connectivity index (χ3v) is 6.71. The summed E-state index contributed by atoms with van der Waals surface area (Å²) >= 11 is 0. The van der Waals surface area contributed by atoms with Crippen molar-refractivity contribution < 1.29 is 8.42 Å². The van der Waals surface area contributed by atoms with Crippen molar-refractivity contribution in [3.05, 3.63) is 65.9 Å². The zero-order valence-corrected chi connectivity index (χ0v) is 16.2. The van der Waals surface area contributed by atoms with Gasteiger partial charge in [0.15, 0.2) is 0 Å². The van der Waals surface area contributed by atoms with Crippen molar-refractivity contribution in [3.63, 3.8) is 0 Å². The molecule has 1 aromatic heterocycles. The number of aromatic nitrogens is 1. The molecule has 0 aliphatic carbocycles. The van der Waals surface area contributed by atoms with Crippen molar-refractivity contribution in [2.75, 3.05) is 7.05 Å². The van der Waals surface area contributed by atoms with Gasteiger partial charge in [0.25, 0.3) is 0 Å². The van der Waals surface area contributed by atoms with E-state index in [9.17, 15) is 8.42 Å². The number of sulfonamides is 1. The van der Waals surface area contributed by atoms with Crippen molar-refractivity contribution >= 4 is 20.9 Å². The minimum atomic E-state index is -3.43. The third-order valence-electron chi connectivity index (χ3n) is 4.66. The van der Waals surface area contributed by atoms with Gasteiger partial charge in [0.2, 0.25) is 10.0 Å². The Morgan fingerprint density at radius 2 is 1.77 bits per heavy atom. The Morgan fingerprint density at radius 1 is 1.04 bits per heavy atom. The highest BCUT2D eigenvalue weighted by molar-refractivity contribution is 7.89. The molecule has 138 valence electrons. The maximum Gasteiger partial charge on any atom is 0.243 e. The van der Waals surface area contributed by atoms with E-state index in [1.54, 1.807) is 19.2 Å². The van der Waals surface area contributed by atoms with Crippen LogP contribution in [0.15, 0.2) is 59.6 Å². The summed E-state index contributed by atoms with van der Waals surface area (Å²) in [6, 6.07) is 15.3. The van der Waals surface area contributed by atoms with Crippen LogP contribution in [-0.4, -0.2) is 30.8 Å². The van der Waals surface area contributed by atoms with Gasteiger partial charge in [-0.25, -0.2) is 8.42 Å². The fourth-order valence-electron chi connectivity index (χ4n) is 2.87. The topological polar surface area (TPSA) is 65.2 Å². The highest BCUT2D eigenvalue weighted by atomic mass is 32.2. The molecule has 0 amide bonds. The van der Waals surface area contributed by atoms with E-state index in [0.717, 1.165) is 17.6 Å². The van der Waals surface area contributed by atoms with Crippen LogP contribution in [0, 0.1) is 0 Å². The molecule has 0 unspecified atom stereocenters. The summed E-state index contributed by atoms with van der Waals surface area (Å²) in [5.74, 6) is 0. The zero-order valence-electron chi connectivity index (χ0n) is 15.4. The maximum atomic E-state index is 12.5. The Hall–Kier alpha value is -2.15. The first kappa shape index (κ1) is 18.6. The predicted octanol–water partition coefficient (Wildman–Crippen LogP) is 3.49. The molecule has 0 saturated heterocycles. The van der Waals surface area contributed by atoms with Crippen LogP contribution in [0.3, 0.4) is 0 Å². The SMILES string of the molecule is CC(C)N(C)S(=O)(=O)c1ccc(CNCc2cccc3[nH]ccc23)cc1. The number of hydrogen-bond acceptors (Lipinski definition) is 3. The Labute approximate surface area is 155 Å². The summed E-state index contributed by atoms with van der Waals surface area (Å²) in [6.45, 7) is 5.16. The number of nitrogens with one attached hydrogen (secondary N) is 2. The van der Waals surface area contributed by atoms with E-state index >= 15 is 0 Å². The number of nitrogens with zero attached hydrogens (tertiary/aromatic N) is 1. The first-order valence-corrected chi connectivity index (χ1v) is 10.2. The van der Waals surface area contributed by atoms with Crippen LogP contribution in [0.5, 0.6) is 0 Å². The van der Waals surface area contributed by atoms with Gasteiger partial charge in [-0.15, -0.1) is 0 Å². The Kier molecular flexibility index (Phi) is 5.46. The molecule has 3 rings (SSSR count). The normalized spacial score (nSPS) is 12.3. The lowest BCUT2D eigenvalue weighted by molar-refractivity contribution is 0.410. The van der Waals surface area contributed by atoms with Crippen LogP contribution in [0.1, 0.15) is 25.0 Å². The number of benzene rings is 2. The summed E-state index contributed by atoms with van der Waals surface area (Å²) < 4.78 is 26.4. The molecule has 0 radical (unpaired) electrons. The molecule has 0 aliphatic rings. The van der Waals surface area contributed by atoms with Crippen LogP contribution >= 0.6 is 0 Å². The molecule has 2 N–H and O–H groups in total. The first-order valence-electron chi connectivity index (χ1n) is 8.72. The predicted molar refractivity (Wildman–Crippen MR) is 105 cm³/mol. The van der Waals surface area contributed by atoms with Gasteiger partial charge in [0, 0.05) is 43.3 Å². The van der Waals surface area contributed by atoms with Crippen molar-refractivity contribution in [2.24, 2.45) is 0 Å². The van der Waals surface area contributed by atoms with Crippen molar-refractivity contribution in [3.8, 4) is 0 Å². The summed E-state index contributed by atoms with van der Waals surface area (Å²) in [5, 5.41) is 4.65. The smallest absolute Gasteiger partial charge is 0.243 e. The van der Waals surface area contributed by atoms with Crippen LogP contribution < -0.4 is 5.32 Å². The minimum Gasteiger partial charge on any atom is -0.361 e. The summed E-state index contributed by atoms with van der Waals surface area (Å²) in [6.07, 6.45) is 1.95. The van der Waals surface area contributed by atoms with Crippen LogP contribution in [0.25, 0.3) is 10.9 Å². The van der Waals surface area contributed by atoms with E-state index in [-0.39, 0.29) is 6.04 Å². The summed E-state index contributed by atoms with van der Waals surface area (Å²) in [5.41, 5.74) is 3.42. The lowest BCUT2D eigenvalue weighted by Gasteiger charge is -2.21. The van der Waals surface area contributed by atoms with Crippen LogP contribution in [0.2, 0.25) is 0 Å². The molecular weight excluding hydrogens is 346 g/mol. The van der Waals surface area contributed by atoms with Gasteiger partial charge < -0.3 is 10.3 Å². The van der Waals surface area contributed by atoms with E-state index in [1.807, 2.05) is 38.2 Å². The average Bonchev–Trinajstić information content (AvgIpc) is 3.11. The second-order valence-electron chi connectivity index (χ2n) is 6.72. The Balaban J connectivity index is 1.64. The van der Waals surface area contributed by atoms with Gasteiger partial charge in [-0.2, -0.15) is 4.31 Å². The van der Waals surface area contributed by atoms with Gasteiger partial charge in [0.1, 0.15) is 0 Å². The molecule has 0 spiro atoms. The van der Waals surface area contributed by atoms with E-state index in [4.69, 9.17) is 0 Å². The molecule has 5 nitrogen and oxygen atoms in total. The Bertz CT molecular complexity index is 976. The molecule has 0 aliphatic heterocycles. The lowest BCUT2D eigenvalue weighted by atomic mass is 10.1. The fraction of sp³-hybridized carbons (Fsp3) is 0.300. The summed E-state index contributed by atoms with van der Waals surface area (Å²) in [4.78, 5) is 3.54. The van der Waals surface area contributed by atoms with E-state index in [0.29, 0.717) is 11.4 Å². The number of H-pyrrole nitrogens is 1. The van der Waals surface area contributed by atoms with Gasteiger partial charge >= 0.3 is 0 Å². The van der Waals surface area contributed by atoms with Gasteiger partial charge in [-0.05, 0) is 49.2 Å². The quantitative estimate of drug-likeness (QED) is 0.668. The van der Waals surface area contributed by atoms with E-state index in [1.165, 1.54) is 15.3 Å². The first-order chi connectivity index (χ1) is 12.4. The monoisotopic (exact) mass is 371 g/mol. The zero-order chi connectivity index (χ0) is 18.7. The number of hydrogen-bond donors (Lipinski definition) is 2. The lowest BCUT2D eigenvalue weighted by Crippen LogP contribution is -2.33. The van der Waals surface area contributed by atoms with Crippen LogP contribution in [-0.2, 0) is 23.1 Å². The molecule has 26 heavy (non-hydrogen) atoms. The molecular formula is C20H25N3O2S. The van der Waals surface area contributed by atoms with Crippen LogP contribution in [0.4, 0.5) is 0 Å². The number of aromatic amines is 1. The van der Waals surface area contributed by atoms with Gasteiger partial charge in [-0.1, -0.05) is 24.3 Å². The summed E-state index contributed by atoms with van der Waals surface area (Å²) in [7, 11) is -1.82. The molecule has 0 bridgehead atoms. The fourth-order valence-corrected chi connectivity index (χ4v) is 4.24. The molecule has 0 fully saturated rings. The molecule has 0 saturated carbocycles. The van der Waals surface area contributed by atoms with Gasteiger partial charge in [0.05, 0.1) is 4.90 Å². The van der Waals surface area contributed by atoms with E-state index in [2.05, 4.69) is 28.5 Å². The minimum absolute atomic E-state index is 0.0718. The van der Waals surface area contributed by atoms with Crippen molar-refractivity contribution in [2.45, 2.75) is 37.9 Å². The molecule has 1 heterocycles. The second kappa shape index (κ2) is 7.61. The molecule has 6 heteroatoms. The Morgan fingerprint density at radius 3 is 2.46 bits per heavy atom. The largest absolute Gasteiger partial charge is 0.361 e. The molecule has 2 aromatic carbocycles. The maximum absolute atomic E-state index is 12.5. The third kappa shape index (κ3) is 3.82. The molecule has 0 atom stereocenters. The standard InChI is InChI=1S/C20H25N3O2S/c1-15(2)23(3)26(24,25)18-9-7-16(8-10-18)13-21-14-17-5-4-6-20-19(17)11-12-22-20/h4-12,15,21-22H,13-14H2,1-3H3. The highest BCUT2D eigenvalue weighted by Gasteiger charge is 2.22. The second-order valence-corrected chi connectivity index (χ2v) is 8.72. The average molecular weight is 372 g/mol. The number of fused-ring (bicyclic) bond motifs is 1. The molecule has 3 aromatic rings. The number of rotatable bonds is 7. The van der Waals surface area contributed by atoms with Crippen molar-refractivity contribution in [1.29, 1.82) is 0 Å². The van der Waals surface area contributed by atoms with Gasteiger partial charge in [-0.3, -0.25) is 0 Å².